The second-order valence-electron chi connectivity index (χ2n) is 9.63. The summed E-state index contributed by atoms with van der Waals surface area (Å²) >= 11 is 0. The van der Waals surface area contributed by atoms with E-state index >= 15 is 0 Å². The van der Waals surface area contributed by atoms with Gasteiger partial charge < -0.3 is 29.7 Å². The summed E-state index contributed by atoms with van der Waals surface area (Å²) in [5.41, 5.74) is 2.04. The fraction of sp³-hybridized carbons (Fsp3) is 0.500. The Morgan fingerprint density at radius 1 is 0.889 bits per heavy atom. The summed E-state index contributed by atoms with van der Waals surface area (Å²) < 4.78 is 16.4. The van der Waals surface area contributed by atoms with Crippen molar-refractivity contribution in [1.82, 2.24) is 15.3 Å². The maximum absolute atomic E-state index is 5.54. The monoisotopic (exact) mass is 493 g/mol. The van der Waals surface area contributed by atoms with E-state index in [1.54, 1.807) is 21.3 Å². The number of rotatable bonds is 11. The summed E-state index contributed by atoms with van der Waals surface area (Å²) in [5, 5.41) is 8.27. The molecule has 1 aromatic heterocycles. The van der Waals surface area contributed by atoms with E-state index in [2.05, 4.69) is 27.7 Å². The van der Waals surface area contributed by atoms with Crippen molar-refractivity contribution in [2.75, 3.05) is 52.2 Å². The molecule has 0 saturated heterocycles. The van der Waals surface area contributed by atoms with E-state index in [0.29, 0.717) is 17.5 Å². The zero-order valence-electron chi connectivity index (χ0n) is 22.1. The molecule has 0 amide bonds. The highest BCUT2D eigenvalue weighted by molar-refractivity contribution is 5.90. The van der Waals surface area contributed by atoms with Gasteiger partial charge in [0.2, 0.25) is 5.95 Å². The molecule has 0 atom stereocenters. The number of hydrogen-bond donors (Lipinski definition) is 2. The van der Waals surface area contributed by atoms with Gasteiger partial charge in [-0.05, 0) is 62.8 Å². The number of para-hydroxylation sites is 1. The van der Waals surface area contributed by atoms with Gasteiger partial charge in [-0.3, -0.25) is 0 Å². The van der Waals surface area contributed by atoms with Crippen molar-refractivity contribution in [2.45, 2.75) is 44.7 Å². The van der Waals surface area contributed by atoms with Gasteiger partial charge >= 0.3 is 0 Å². The minimum atomic E-state index is 0.418. The van der Waals surface area contributed by atoms with Crippen LogP contribution in [0.15, 0.2) is 36.4 Å². The number of nitrogens with one attached hydrogen (secondary N) is 2. The Bertz CT molecular complexity index is 1150. The molecule has 0 bridgehead atoms. The molecular weight excluding hydrogens is 454 g/mol. The number of benzene rings is 2. The predicted octanol–water partition coefficient (Wildman–Crippen LogP) is 4.87. The van der Waals surface area contributed by atoms with Gasteiger partial charge in [-0.2, -0.15) is 4.98 Å². The second kappa shape index (κ2) is 12.1. The van der Waals surface area contributed by atoms with Gasteiger partial charge in [0.25, 0.3) is 0 Å². The van der Waals surface area contributed by atoms with Crippen molar-refractivity contribution < 1.29 is 14.2 Å². The molecule has 0 aliphatic heterocycles. The summed E-state index contributed by atoms with van der Waals surface area (Å²) in [4.78, 5) is 11.6. The number of nitrogens with zero attached hydrogens (tertiary/aromatic N) is 3. The quantitative estimate of drug-likeness (QED) is 0.366. The number of methoxy groups -OCH3 is 3. The molecule has 1 heterocycles. The fourth-order valence-corrected chi connectivity index (χ4v) is 5.00. The number of anilines is 2. The van der Waals surface area contributed by atoms with E-state index < -0.39 is 0 Å². The molecule has 1 aliphatic rings. The molecule has 8 nitrogen and oxygen atoms in total. The molecule has 2 aromatic carbocycles. The number of hydrogen-bond acceptors (Lipinski definition) is 8. The van der Waals surface area contributed by atoms with Crippen molar-refractivity contribution >= 4 is 22.7 Å². The van der Waals surface area contributed by atoms with Gasteiger partial charge in [-0.1, -0.05) is 12.1 Å². The van der Waals surface area contributed by atoms with Gasteiger partial charge in [0.1, 0.15) is 11.6 Å². The zero-order chi connectivity index (χ0) is 25.5. The molecule has 36 heavy (non-hydrogen) atoms. The lowest BCUT2D eigenvalue weighted by Crippen LogP contribution is -2.28. The van der Waals surface area contributed by atoms with Crippen LogP contribution in [0.5, 0.6) is 17.2 Å². The van der Waals surface area contributed by atoms with Crippen LogP contribution < -0.4 is 29.7 Å². The van der Waals surface area contributed by atoms with Gasteiger partial charge in [0.15, 0.2) is 11.5 Å². The standard InChI is InChI=1S/C28H39N5O3/c1-33(2)27-22-8-6-7-9-23(22)31-28(32-27)30-21-12-10-19(11-13-21)14-15-29-18-20-16-25(35-4)26(36-5)17-24(20)34-3/h6-9,16-17,19,21,29H,10-15,18H2,1-5H3,(H,30,31,32)/t19-,21+. The second-order valence-corrected chi connectivity index (χ2v) is 9.63. The minimum absolute atomic E-state index is 0.418. The highest BCUT2D eigenvalue weighted by Crippen LogP contribution is 2.35. The van der Waals surface area contributed by atoms with Crippen LogP contribution in [0.4, 0.5) is 11.8 Å². The lowest BCUT2D eigenvalue weighted by atomic mass is 9.84. The average Bonchev–Trinajstić information content (AvgIpc) is 2.91. The van der Waals surface area contributed by atoms with Crippen LogP contribution in [0.1, 0.15) is 37.7 Å². The Labute approximate surface area is 214 Å². The first kappa shape index (κ1) is 25.8. The summed E-state index contributed by atoms with van der Waals surface area (Å²) in [5.74, 6) is 4.61. The van der Waals surface area contributed by atoms with Crippen molar-refractivity contribution in [3.63, 3.8) is 0 Å². The van der Waals surface area contributed by atoms with Crippen LogP contribution in [0, 0.1) is 5.92 Å². The highest BCUT2D eigenvalue weighted by Gasteiger charge is 2.22. The van der Waals surface area contributed by atoms with Gasteiger partial charge in [-0.15, -0.1) is 0 Å². The number of aromatic nitrogens is 2. The first-order chi connectivity index (χ1) is 17.5. The average molecular weight is 494 g/mol. The molecule has 8 heteroatoms. The summed E-state index contributed by atoms with van der Waals surface area (Å²) in [7, 11) is 9.02. The molecule has 194 valence electrons. The Hall–Kier alpha value is -3.26. The first-order valence-corrected chi connectivity index (χ1v) is 12.7. The van der Waals surface area contributed by atoms with E-state index in [1.165, 1.54) is 19.3 Å². The molecule has 1 aliphatic carbocycles. The zero-order valence-corrected chi connectivity index (χ0v) is 22.1. The van der Waals surface area contributed by atoms with Crippen LogP contribution in [-0.4, -0.2) is 58.0 Å². The van der Waals surface area contributed by atoms with E-state index in [0.717, 1.165) is 65.8 Å². The third-order valence-corrected chi connectivity index (χ3v) is 7.02. The van der Waals surface area contributed by atoms with Crippen molar-refractivity contribution in [3.8, 4) is 17.2 Å². The summed E-state index contributed by atoms with van der Waals surface area (Å²) in [6.45, 7) is 1.70. The Balaban J connectivity index is 1.25. The summed E-state index contributed by atoms with van der Waals surface area (Å²) in [6, 6.07) is 12.5. The van der Waals surface area contributed by atoms with Crippen LogP contribution in [0.25, 0.3) is 10.9 Å². The third-order valence-electron chi connectivity index (χ3n) is 7.02. The Morgan fingerprint density at radius 3 is 2.28 bits per heavy atom. The van der Waals surface area contributed by atoms with Crippen molar-refractivity contribution in [1.29, 1.82) is 0 Å². The maximum Gasteiger partial charge on any atom is 0.225 e. The lowest BCUT2D eigenvalue weighted by molar-refractivity contribution is 0.315. The van der Waals surface area contributed by atoms with Crippen LogP contribution >= 0.6 is 0 Å². The molecule has 0 radical (unpaired) electrons. The Morgan fingerprint density at radius 2 is 1.58 bits per heavy atom. The largest absolute Gasteiger partial charge is 0.496 e. The van der Waals surface area contributed by atoms with Crippen LogP contribution in [-0.2, 0) is 6.54 Å². The summed E-state index contributed by atoms with van der Waals surface area (Å²) in [6.07, 6.45) is 5.88. The van der Waals surface area contributed by atoms with Crippen molar-refractivity contribution in [2.24, 2.45) is 5.92 Å². The van der Waals surface area contributed by atoms with E-state index in [1.807, 2.05) is 38.4 Å². The lowest BCUT2D eigenvalue weighted by Gasteiger charge is -2.29. The third kappa shape index (κ3) is 6.10. The molecule has 1 fully saturated rings. The van der Waals surface area contributed by atoms with E-state index in [4.69, 9.17) is 24.2 Å². The smallest absolute Gasteiger partial charge is 0.225 e. The fourth-order valence-electron chi connectivity index (χ4n) is 5.00. The van der Waals surface area contributed by atoms with E-state index in [9.17, 15) is 0 Å². The van der Waals surface area contributed by atoms with Crippen LogP contribution in [0.3, 0.4) is 0 Å². The van der Waals surface area contributed by atoms with Gasteiger partial charge in [0, 0.05) is 43.7 Å². The van der Waals surface area contributed by atoms with Gasteiger partial charge in [-0.25, -0.2) is 4.98 Å². The predicted molar refractivity (Wildman–Crippen MR) is 146 cm³/mol. The molecular formula is C28H39N5O3. The first-order valence-electron chi connectivity index (χ1n) is 12.7. The molecule has 4 rings (SSSR count). The SMILES string of the molecule is COc1cc(OC)c(OC)cc1CNCC[C@H]1CC[C@@H](Nc2nc(N(C)C)c3ccccc3n2)CC1. The highest BCUT2D eigenvalue weighted by atomic mass is 16.5. The normalized spacial score (nSPS) is 17.6. The van der Waals surface area contributed by atoms with Crippen molar-refractivity contribution in [3.05, 3.63) is 42.0 Å². The van der Waals surface area contributed by atoms with Crippen LogP contribution in [0.2, 0.25) is 0 Å². The minimum Gasteiger partial charge on any atom is -0.496 e. The van der Waals surface area contributed by atoms with Gasteiger partial charge in [0.05, 0.1) is 26.8 Å². The molecule has 2 N–H and O–H groups in total. The number of fused-ring (bicyclic) bond motifs is 1. The molecule has 1 saturated carbocycles. The molecule has 0 spiro atoms. The Kier molecular flexibility index (Phi) is 8.70. The topological polar surface area (TPSA) is 80.8 Å². The molecule has 0 unspecified atom stereocenters. The van der Waals surface area contributed by atoms with E-state index in [-0.39, 0.29) is 0 Å². The maximum atomic E-state index is 5.54. The number of ether oxygens (including phenoxy) is 3. The molecule has 3 aromatic rings.